The van der Waals surface area contributed by atoms with Gasteiger partial charge in [-0.2, -0.15) is 0 Å². The van der Waals surface area contributed by atoms with Gasteiger partial charge in [0.1, 0.15) is 0 Å². The average molecular weight is 371 g/mol. The summed E-state index contributed by atoms with van der Waals surface area (Å²) in [5.41, 5.74) is 6.21. The summed E-state index contributed by atoms with van der Waals surface area (Å²) in [7, 11) is -0.713. The van der Waals surface area contributed by atoms with Crippen LogP contribution in [0.15, 0.2) is 12.1 Å². The molecule has 9 heteroatoms. The molecule has 0 radical (unpaired) electrons. The van der Waals surface area contributed by atoms with Gasteiger partial charge in [0.25, 0.3) is 5.91 Å². The number of amides is 1. The summed E-state index contributed by atoms with van der Waals surface area (Å²) in [4.78, 5) is 14.7. The summed E-state index contributed by atoms with van der Waals surface area (Å²) < 4.78 is 36.1. The minimum absolute atomic E-state index is 0.0699. The molecule has 3 N–H and O–H groups in total. The number of hydrogen-bond acceptors (Lipinski definition) is 6. The summed E-state index contributed by atoms with van der Waals surface area (Å²) in [6, 6.07) is 3.09. The van der Waals surface area contributed by atoms with Gasteiger partial charge in [0.05, 0.1) is 26.2 Å². The van der Waals surface area contributed by atoms with Gasteiger partial charge in [-0.1, -0.05) is 0 Å². The van der Waals surface area contributed by atoms with Crippen molar-refractivity contribution in [3.05, 3.63) is 17.7 Å². The monoisotopic (exact) mass is 371 g/mol. The van der Waals surface area contributed by atoms with Gasteiger partial charge < -0.3 is 20.1 Å². The number of anilines is 1. The van der Waals surface area contributed by atoms with E-state index >= 15 is 0 Å². The Morgan fingerprint density at radius 1 is 1.36 bits per heavy atom. The number of nitrogens with one attached hydrogen (secondary N) is 1. The Balaban J connectivity index is 2.44. The molecule has 0 saturated carbocycles. The van der Waals surface area contributed by atoms with E-state index in [4.69, 9.17) is 15.2 Å². The number of rotatable bonds is 6. The molecular weight excluding hydrogens is 346 g/mol. The molecule has 1 amide bonds. The number of methoxy groups -OCH3 is 2. The second-order valence-corrected chi connectivity index (χ2v) is 8.03. The first-order chi connectivity index (χ1) is 11.7. The standard InChI is InChI=1S/C16H25N3O5S/c1-10-5-11(8-17)9-19(10)16(20)12-6-13(18-25(4,21)22)15(24-3)14(7-12)23-2/h6-7,10-11,18H,5,8-9,17H2,1-4H3. The number of nitrogens with zero attached hydrogens (tertiary/aromatic N) is 1. The predicted molar refractivity (Wildman–Crippen MR) is 95.7 cm³/mol. The Hall–Kier alpha value is -2.00. The lowest BCUT2D eigenvalue weighted by atomic mass is 10.1. The van der Waals surface area contributed by atoms with Crippen molar-refractivity contribution in [3.8, 4) is 11.5 Å². The number of carbonyl (C=O) groups is 1. The van der Waals surface area contributed by atoms with Crippen LogP contribution in [0.1, 0.15) is 23.7 Å². The topological polar surface area (TPSA) is 111 Å². The van der Waals surface area contributed by atoms with Gasteiger partial charge in [-0.3, -0.25) is 9.52 Å². The molecule has 2 unspecified atom stereocenters. The molecule has 25 heavy (non-hydrogen) atoms. The molecule has 0 aromatic heterocycles. The zero-order valence-electron chi connectivity index (χ0n) is 14.9. The van der Waals surface area contributed by atoms with Crippen molar-refractivity contribution >= 4 is 21.6 Å². The molecule has 1 aromatic carbocycles. The Morgan fingerprint density at radius 2 is 2.04 bits per heavy atom. The van der Waals surface area contributed by atoms with E-state index in [0.717, 1.165) is 12.7 Å². The third-order valence-corrected chi connectivity index (χ3v) is 4.87. The SMILES string of the molecule is COc1cc(C(=O)N2CC(CN)CC2C)cc(NS(C)(=O)=O)c1OC. The van der Waals surface area contributed by atoms with Gasteiger partial charge in [-0.25, -0.2) is 8.42 Å². The molecule has 0 aliphatic carbocycles. The first-order valence-corrected chi connectivity index (χ1v) is 9.84. The third-order valence-electron chi connectivity index (χ3n) is 4.28. The predicted octanol–water partition coefficient (Wildman–Crippen LogP) is 0.885. The maximum absolute atomic E-state index is 12.9. The molecule has 0 spiro atoms. The highest BCUT2D eigenvalue weighted by Gasteiger charge is 2.33. The molecule has 2 atom stereocenters. The average Bonchev–Trinajstić information content (AvgIpc) is 2.92. The largest absolute Gasteiger partial charge is 0.493 e. The van der Waals surface area contributed by atoms with Crippen LogP contribution in [0.25, 0.3) is 0 Å². The van der Waals surface area contributed by atoms with Crippen LogP contribution < -0.4 is 19.9 Å². The van der Waals surface area contributed by atoms with Crippen LogP contribution in [0.2, 0.25) is 0 Å². The number of nitrogens with two attached hydrogens (primary N) is 1. The molecule has 0 bridgehead atoms. The van der Waals surface area contributed by atoms with Gasteiger partial charge in [-0.15, -0.1) is 0 Å². The van der Waals surface area contributed by atoms with E-state index in [-0.39, 0.29) is 35.1 Å². The van der Waals surface area contributed by atoms with Gasteiger partial charge in [0.15, 0.2) is 11.5 Å². The fraction of sp³-hybridized carbons (Fsp3) is 0.562. The Kier molecular flexibility index (Phi) is 5.79. The highest BCUT2D eigenvalue weighted by atomic mass is 32.2. The van der Waals surface area contributed by atoms with Gasteiger partial charge in [0, 0.05) is 18.2 Å². The number of sulfonamides is 1. The summed E-state index contributed by atoms with van der Waals surface area (Å²) in [6.45, 7) is 3.09. The molecule has 1 aliphatic heterocycles. The van der Waals surface area contributed by atoms with Crippen molar-refractivity contribution in [2.75, 3.05) is 38.3 Å². The van der Waals surface area contributed by atoms with Crippen LogP contribution in [-0.4, -0.2) is 58.8 Å². The zero-order chi connectivity index (χ0) is 18.8. The molecule has 1 saturated heterocycles. The Bertz CT molecular complexity index is 750. The Morgan fingerprint density at radius 3 is 2.52 bits per heavy atom. The summed E-state index contributed by atoms with van der Waals surface area (Å²) in [6.07, 6.45) is 1.88. The van der Waals surface area contributed by atoms with E-state index in [2.05, 4.69) is 4.72 Å². The molecule has 1 aliphatic rings. The van der Waals surface area contributed by atoms with E-state index in [1.807, 2.05) is 6.92 Å². The summed E-state index contributed by atoms with van der Waals surface area (Å²) >= 11 is 0. The van der Waals surface area contributed by atoms with Crippen molar-refractivity contribution in [2.24, 2.45) is 11.7 Å². The maximum Gasteiger partial charge on any atom is 0.254 e. The number of ether oxygens (including phenoxy) is 2. The number of likely N-dealkylation sites (tertiary alicyclic amines) is 1. The third kappa shape index (κ3) is 4.35. The van der Waals surface area contributed by atoms with E-state index in [1.54, 1.807) is 11.0 Å². The molecule has 1 fully saturated rings. The van der Waals surface area contributed by atoms with Gasteiger partial charge in [-0.05, 0) is 37.9 Å². The van der Waals surface area contributed by atoms with Crippen LogP contribution in [0, 0.1) is 5.92 Å². The molecule has 2 rings (SSSR count). The lowest BCUT2D eigenvalue weighted by molar-refractivity contribution is 0.0743. The summed E-state index contributed by atoms with van der Waals surface area (Å²) in [5.74, 6) is 0.578. The second kappa shape index (κ2) is 7.49. The van der Waals surface area contributed by atoms with E-state index in [9.17, 15) is 13.2 Å². The highest BCUT2D eigenvalue weighted by molar-refractivity contribution is 7.92. The van der Waals surface area contributed by atoms with Crippen molar-refractivity contribution in [1.82, 2.24) is 4.90 Å². The lowest BCUT2D eigenvalue weighted by Gasteiger charge is -2.23. The van der Waals surface area contributed by atoms with E-state index in [1.165, 1.54) is 20.3 Å². The van der Waals surface area contributed by atoms with E-state index < -0.39 is 10.0 Å². The second-order valence-electron chi connectivity index (χ2n) is 6.28. The smallest absolute Gasteiger partial charge is 0.254 e. The van der Waals surface area contributed by atoms with Crippen LogP contribution in [0.3, 0.4) is 0 Å². The quantitative estimate of drug-likeness (QED) is 0.768. The number of hydrogen-bond donors (Lipinski definition) is 2. The fourth-order valence-electron chi connectivity index (χ4n) is 3.13. The van der Waals surface area contributed by atoms with Crippen molar-refractivity contribution < 1.29 is 22.7 Å². The normalized spacial score (nSPS) is 20.4. The van der Waals surface area contributed by atoms with Crippen LogP contribution in [-0.2, 0) is 10.0 Å². The van der Waals surface area contributed by atoms with Crippen LogP contribution in [0.4, 0.5) is 5.69 Å². The Labute approximate surface area is 148 Å². The minimum Gasteiger partial charge on any atom is -0.493 e. The number of benzene rings is 1. The number of carbonyl (C=O) groups excluding carboxylic acids is 1. The molecule has 1 heterocycles. The van der Waals surface area contributed by atoms with Crippen LogP contribution in [0.5, 0.6) is 11.5 Å². The van der Waals surface area contributed by atoms with Crippen molar-refractivity contribution in [3.63, 3.8) is 0 Å². The minimum atomic E-state index is -3.55. The van der Waals surface area contributed by atoms with Crippen molar-refractivity contribution in [2.45, 2.75) is 19.4 Å². The highest BCUT2D eigenvalue weighted by Crippen LogP contribution is 2.38. The fourth-order valence-corrected chi connectivity index (χ4v) is 3.68. The summed E-state index contributed by atoms with van der Waals surface area (Å²) in [5, 5.41) is 0. The van der Waals surface area contributed by atoms with Gasteiger partial charge >= 0.3 is 0 Å². The first kappa shape index (κ1) is 19.3. The molecule has 140 valence electrons. The molecular formula is C16H25N3O5S. The molecule has 1 aromatic rings. The van der Waals surface area contributed by atoms with Crippen molar-refractivity contribution in [1.29, 1.82) is 0 Å². The lowest BCUT2D eigenvalue weighted by Crippen LogP contribution is -2.34. The molecule has 8 nitrogen and oxygen atoms in total. The first-order valence-electron chi connectivity index (χ1n) is 7.95. The zero-order valence-corrected chi connectivity index (χ0v) is 15.7. The van der Waals surface area contributed by atoms with Gasteiger partial charge in [0.2, 0.25) is 10.0 Å². The van der Waals surface area contributed by atoms with Crippen LogP contribution >= 0.6 is 0 Å². The van der Waals surface area contributed by atoms with E-state index in [0.29, 0.717) is 18.7 Å². The maximum atomic E-state index is 12.9.